The third-order valence-corrected chi connectivity index (χ3v) is 18.4. The van der Waals surface area contributed by atoms with Gasteiger partial charge >= 0.3 is 64.6 Å². The summed E-state index contributed by atoms with van der Waals surface area (Å²) in [5, 5.41) is 10.00. The fraction of sp³-hybridized carbons (Fsp3) is 0.343. The lowest BCUT2D eigenvalue weighted by atomic mass is 10.0. The normalized spacial score (nSPS) is 22.1. The number of carbonyl (C=O) groups excluding carboxylic acids is 2. The Morgan fingerprint density at radius 1 is 0.695 bits per heavy atom. The molecule has 2 fully saturated rings. The Morgan fingerprint density at radius 3 is 1.79 bits per heavy atom. The summed E-state index contributed by atoms with van der Waals surface area (Å²) in [6.45, 7) is -3.10. The van der Waals surface area contributed by atoms with Crippen LogP contribution in [-0.4, -0.2) is 118 Å². The molecule has 10 atom stereocenters. The summed E-state index contributed by atoms with van der Waals surface area (Å²) in [6.07, 6.45) is -6.23. The number of rotatable bonds is 26. The van der Waals surface area contributed by atoms with Gasteiger partial charge in [-0.05, 0) is 46.5 Å². The maximum absolute atomic E-state index is 14.2. The van der Waals surface area contributed by atoms with Gasteiger partial charge in [0.25, 0.3) is 0 Å². The molecule has 6 unspecified atom stereocenters. The molecule has 2 saturated heterocycles. The van der Waals surface area contributed by atoms with E-state index in [1.807, 2.05) is 0 Å². The summed E-state index contributed by atoms with van der Waals surface area (Å²) in [7, 11) is -35.0. The molecule has 5 heterocycles. The smallest absolute Gasteiger partial charge is 0.456 e. The van der Waals surface area contributed by atoms with Gasteiger partial charge in [-0.25, -0.2) is 56.7 Å². The maximum Gasteiger partial charge on any atom is 0.490 e. The molecule has 82 heavy (non-hydrogen) atoms. The number of hydrogen-bond acceptors (Lipinski definition) is 27. The summed E-state index contributed by atoms with van der Waals surface area (Å²) in [5.41, 5.74) is 22.6. The van der Waals surface area contributed by atoms with E-state index in [9.17, 15) is 66.9 Å². The van der Waals surface area contributed by atoms with Gasteiger partial charge in [0.15, 0.2) is 17.0 Å². The zero-order valence-electron chi connectivity index (χ0n) is 40.5. The minimum absolute atomic E-state index is 0.0111. The van der Waals surface area contributed by atoms with Crippen molar-refractivity contribution in [1.82, 2.24) is 29.1 Å². The number of nitrogen functional groups attached to an aromatic ring is 1. The minimum Gasteiger partial charge on any atom is -0.456 e. The van der Waals surface area contributed by atoms with E-state index in [4.69, 9.17) is 58.8 Å². The number of azide groups is 2. The molecule has 3 aromatic heterocycles. The Kier molecular flexibility index (Phi) is 19.9. The Hall–Kier alpha value is -6.23. The van der Waals surface area contributed by atoms with Gasteiger partial charge in [-0.2, -0.15) is 22.2 Å². The first kappa shape index (κ1) is 63.4. The summed E-state index contributed by atoms with van der Waals surface area (Å²) < 4.78 is 122. The highest BCUT2D eigenvalue weighted by Crippen LogP contribution is 2.67. The zero-order chi connectivity index (χ0) is 60.0. The van der Waals surface area contributed by atoms with Crippen LogP contribution in [0.2, 0.25) is 0 Å². The molecule has 11 N–H and O–H groups in total. The van der Waals surface area contributed by atoms with Gasteiger partial charge in [-0.3, -0.25) is 18.2 Å². The van der Waals surface area contributed by atoms with E-state index in [-0.39, 0.29) is 63.7 Å². The second-order valence-corrected chi connectivity index (χ2v) is 25.2. The molecule has 47 heteroatoms. The highest BCUT2D eigenvalue weighted by Gasteiger charge is 2.47. The lowest BCUT2D eigenvalue weighted by Gasteiger charge is -2.22. The van der Waals surface area contributed by atoms with Crippen LogP contribution in [0.3, 0.4) is 0 Å². The van der Waals surface area contributed by atoms with Gasteiger partial charge in [0, 0.05) is 34.5 Å². The number of anilines is 3. The average molecular weight is 1270 g/mol. The number of phosphoric acid groups is 6. The molecular weight excluding hydrogens is 1230 g/mol. The molecule has 0 radical (unpaired) electrons. The van der Waals surface area contributed by atoms with E-state index in [1.165, 1.54) is 59.4 Å². The molecule has 0 bridgehead atoms. The van der Waals surface area contributed by atoms with Crippen molar-refractivity contribution in [2.45, 2.75) is 62.8 Å². The van der Waals surface area contributed by atoms with Gasteiger partial charge in [0.05, 0.1) is 43.8 Å². The Balaban J connectivity index is 1.15. The van der Waals surface area contributed by atoms with Crippen molar-refractivity contribution >= 4 is 87.4 Å². The highest BCUT2D eigenvalue weighted by atomic mass is 31.3. The van der Waals surface area contributed by atoms with Crippen molar-refractivity contribution in [2.24, 2.45) is 10.2 Å². The van der Waals surface area contributed by atoms with Crippen LogP contribution in [0.5, 0.6) is 0 Å². The van der Waals surface area contributed by atoms with Crippen LogP contribution in [0.1, 0.15) is 57.1 Å². The summed E-state index contributed by atoms with van der Waals surface area (Å²) in [4.78, 5) is 138. The average Bonchev–Trinajstić information content (AvgIpc) is 4.28. The van der Waals surface area contributed by atoms with Gasteiger partial charge in [0.2, 0.25) is 0 Å². The molecule has 0 saturated carbocycles. The van der Waals surface area contributed by atoms with Gasteiger partial charge in [-0.15, -0.1) is 0 Å². The number of nitrogens with zero attached hydrogens (tertiary/aromatic N) is 12. The summed E-state index contributed by atoms with van der Waals surface area (Å²) in [6, 6.07) is 11.0. The lowest BCUT2D eigenvalue weighted by Crippen LogP contribution is -2.31. The minimum atomic E-state index is -5.98. The standard InChI is InChI=1S/C35H40N14O27P6/c36-27-8-9-48(35(52)45-27)28-10-23(25(69-28)14-67-79(59,60)75-81(63,64)73-77(53,54)55)72-34(51)20-6-3-7-22(21(20)13-43-47-38)44-31-30-32(40-16-39-31)49(17-41-30)29-11-24(71-33(50)19-5-2-1-4-18(19)12-42-46-37)26(70-29)15-68-80(61,62)76-82(65,66)74-78(56,57)58/h1-9,16-17,23-26,28-29H,10-15H2,(H,59,60)(H,61,62)(H,63,64)(H,65,66)(H2,36,45,52)(H,39,40,44)(H2,53,54,55)(H2,56,57,58)/t23?,24?,25-,26-,28-,29-/m1/s1. The first-order chi connectivity index (χ1) is 38.3. The van der Waals surface area contributed by atoms with Gasteiger partial charge in [-0.1, -0.05) is 34.5 Å². The highest BCUT2D eigenvalue weighted by molar-refractivity contribution is 7.67. The van der Waals surface area contributed by atoms with E-state index in [0.29, 0.717) is 0 Å². The Bertz CT molecular complexity index is 3720. The van der Waals surface area contributed by atoms with Crippen LogP contribution in [0, 0.1) is 0 Å². The summed E-state index contributed by atoms with van der Waals surface area (Å²) >= 11 is 0. The van der Waals surface area contributed by atoms with Crippen molar-refractivity contribution in [3.63, 3.8) is 0 Å². The lowest BCUT2D eigenvalue weighted by molar-refractivity contribution is -0.0511. The molecule has 2 aliphatic rings. The molecular formula is C35H40N14O27P6. The molecule has 7 rings (SSSR count). The zero-order valence-corrected chi connectivity index (χ0v) is 45.9. The predicted molar refractivity (Wildman–Crippen MR) is 265 cm³/mol. The number of phosphoric ester groups is 2. The number of benzene rings is 2. The summed E-state index contributed by atoms with van der Waals surface area (Å²) in [5.74, 6) is -2.51. The molecule has 2 aromatic carbocycles. The van der Waals surface area contributed by atoms with Crippen LogP contribution < -0.4 is 16.7 Å². The molecule has 442 valence electrons. The first-order valence-electron chi connectivity index (χ1n) is 22.1. The number of fused-ring (bicyclic) bond motifs is 1. The van der Waals surface area contributed by atoms with Crippen LogP contribution in [0.15, 0.2) is 82.4 Å². The maximum atomic E-state index is 14.2. The third-order valence-electron chi connectivity index (χ3n) is 10.8. The number of esters is 2. The molecule has 0 amide bonds. The van der Waals surface area contributed by atoms with Crippen LogP contribution in [-0.2, 0) is 85.7 Å². The number of aromatic nitrogens is 6. The van der Waals surface area contributed by atoms with E-state index >= 15 is 0 Å². The van der Waals surface area contributed by atoms with E-state index < -0.39 is 128 Å². The number of nitrogens with two attached hydrogens (primary N) is 1. The van der Waals surface area contributed by atoms with E-state index in [0.717, 1.165) is 17.1 Å². The van der Waals surface area contributed by atoms with Gasteiger partial charge < -0.3 is 69.1 Å². The second-order valence-electron chi connectivity index (χ2n) is 16.4. The van der Waals surface area contributed by atoms with E-state index in [2.05, 4.69) is 62.5 Å². The predicted octanol–water partition coefficient (Wildman–Crippen LogP) is 4.04. The van der Waals surface area contributed by atoms with Crippen LogP contribution in [0.25, 0.3) is 32.0 Å². The Labute approximate surface area is 455 Å². The second kappa shape index (κ2) is 25.7. The van der Waals surface area contributed by atoms with Crippen molar-refractivity contribution < 1.29 is 121 Å². The van der Waals surface area contributed by atoms with Crippen molar-refractivity contribution in [3.8, 4) is 0 Å². The monoisotopic (exact) mass is 1270 g/mol. The first-order valence-corrected chi connectivity index (χ1v) is 31.2. The number of nitrogens with one attached hydrogen (secondary N) is 1. The molecule has 0 aliphatic carbocycles. The number of carbonyl (C=O) groups is 2. The Morgan fingerprint density at radius 2 is 1.23 bits per heavy atom. The van der Waals surface area contributed by atoms with Crippen LogP contribution in [0.4, 0.5) is 17.3 Å². The fourth-order valence-corrected chi connectivity index (χ4v) is 13.8. The topological polar surface area (TPSA) is 605 Å². The van der Waals surface area contributed by atoms with Gasteiger partial charge in [0.1, 0.15) is 49.0 Å². The molecule has 0 spiro atoms. The number of hydrogen-bond donors (Lipinski definition) is 10. The van der Waals surface area contributed by atoms with Crippen LogP contribution >= 0.6 is 46.9 Å². The van der Waals surface area contributed by atoms with Crippen molar-refractivity contribution in [1.29, 1.82) is 0 Å². The molecule has 5 aromatic rings. The third kappa shape index (κ3) is 17.2. The fourth-order valence-electron chi connectivity index (χ4n) is 7.69. The van der Waals surface area contributed by atoms with Crippen molar-refractivity contribution in [3.05, 3.63) is 121 Å². The molecule has 41 nitrogen and oxygen atoms in total. The quantitative estimate of drug-likeness (QED) is 0.0123. The SMILES string of the molecule is [N-]=[N+]=NCc1ccccc1C(=O)OC1C[C@H](n2cnc3c(Nc4cccc(C(=O)OC5C[C@H](n6ccc(N)nc6=O)O[C@@H]5COP(=O)(O)OP(=O)(O)OP(=O)(O)O)c4CN=[N+]=[N-])ncnc32)O[C@@H]1COP(=O)(O)OP(=O)(O)OP(=O)(O)O. The van der Waals surface area contributed by atoms with E-state index in [1.54, 1.807) is 0 Å². The van der Waals surface area contributed by atoms with Crippen molar-refractivity contribution in [2.75, 3.05) is 24.3 Å². The number of imidazole rings is 1. The molecule has 2 aliphatic heterocycles. The number of ether oxygens (including phenoxy) is 4. The largest absolute Gasteiger partial charge is 0.490 e.